The van der Waals surface area contributed by atoms with Crippen molar-refractivity contribution in [2.75, 3.05) is 37.4 Å². The minimum absolute atomic E-state index is 0.0223. The molecule has 47 heavy (non-hydrogen) atoms. The lowest BCUT2D eigenvalue weighted by molar-refractivity contribution is -0.176. The van der Waals surface area contributed by atoms with E-state index in [-0.39, 0.29) is 41.8 Å². The molecule has 2 aromatic rings. The second kappa shape index (κ2) is 17.5. The number of anilines is 1. The average Bonchev–Trinajstić information content (AvgIpc) is 2.97. The Hall–Kier alpha value is -2.84. The van der Waals surface area contributed by atoms with Crippen molar-refractivity contribution in [3.8, 4) is 0 Å². The van der Waals surface area contributed by atoms with Crippen molar-refractivity contribution in [2.24, 2.45) is 5.92 Å². The fourth-order valence-corrected chi connectivity index (χ4v) is 6.64. The van der Waals surface area contributed by atoms with Crippen molar-refractivity contribution in [3.63, 3.8) is 0 Å². The average molecular weight is 725 g/mol. The molecule has 15 heteroatoms. The summed E-state index contributed by atoms with van der Waals surface area (Å²) in [5.74, 6) is -3.70. The zero-order valence-electron chi connectivity index (χ0n) is 26.7. The third-order valence-corrected chi connectivity index (χ3v) is 9.15. The number of carbonyl (C=O) groups is 4. The van der Waals surface area contributed by atoms with Crippen molar-refractivity contribution in [1.29, 1.82) is 0 Å². The molecule has 1 aliphatic rings. The third-order valence-electron chi connectivity index (χ3n) is 7.30. The van der Waals surface area contributed by atoms with E-state index in [1.807, 2.05) is 26.0 Å². The Kier molecular flexibility index (Phi) is 15.0. The van der Waals surface area contributed by atoms with Crippen molar-refractivity contribution in [3.05, 3.63) is 57.6 Å². The van der Waals surface area contributed by atoms with Crippen molar-refractivity contribution < 1.29 is 50.2 Å². The van der Waals surface area contributed by atoms with E-state index in [0.29, 0.717) is 13.0 Å². The number of amides is 1. The number of nitrogens with zero attached hydrogens (tertiary/aromatic N) is 1. The highest BCUT2D eigenvalue weighted by Crippen LogP contribution is 2.33. The first kappa shape index (κ1) is 40.3. The van der Waals surface area contributed by atoms with Gasteiger partial charge in [0, 0.05) is 37.3 Å². The number of Topliss-reactive ketones (excluding diaryl/α,β-unsaturated/α-hetero) is 3. The van der Waals surface area contributed by atoms with Gasteiger partial charge in [0.05, 0.1) is 34.9 Å². The number of aryl methyl sites for hydroxylation is 2. The number of para-hydroxylation sites is 1. The summed E-state index contributed by atoms with van der Waals surface area (Å²) < 4.78 is 70.5. The molecule has 3 rings (SSSR count). The summed E-state index contributed by atoms with van der Waals surface area (Å²) in [5.41, 5.74) is 2.56. The van der Waals surface area contributed by atoms with E-state index in [0.717, 1.165) is 41.6 Å². The van der Waals surface area contributed by atoms with E-state index in [1.54, 1.807) is 12.0 Å². The van der Waals surface area contributed by atoms with Gasteiger partial charge in [-0.05, 0) is 49.9 Å². The number of rotatable bonds is 12. The van der Waals surface area contributed by atoms with Gasteiger partial charge in [0.1, 0.15) is 18.4 Å². The van der Waals surface area contributed by atoms with Gasteiger partial charge in [0.15, 0.2) is 27.2 Å². The minimum atomic E-state index is -4.65. The second-order valence-electron chi connectivity index (χ2n) is 11.0. The van der Waals surface area contributed by atoms with Crippen LogP contribution in [0.5, 0.6) is 0 Å². The van der Waals surface area contributed by atoms with E-state index in [2.05, 4.69) is 17.7 Å². The smallest absolute Gasteiger partial charge is 0.383 e. The van der Waals surface area contributed by atoms with Crippen LogP contribution in [-0.4, -0.2) is 76.4 Å². The molecule has 0 spiro atoms. The van der Waals surface area contributed by atoms with Gasteiger partial charge in [-0.3, -0.25) is 19.2 Å². The van der Waals surface area contributed by atoms with Gasteiger partial charge in [-0.15, -0.1) is 11.6 Å². The molecule has 2 aromatic carbocycles. The predicted octanol–water partition coefficient (Wildman–Crippen LogP) is 6.11. The van der Waals surface area contributed by atoms with E-state index in [9.17, 15) is 40.8 Å². The largest absolute Gasteiger partial charge is 0.411 e. The number of benzene rings is 2. The second-order valence-corrected chi connectivity index (χ2v) is 13.6. The number of ketones is 3. The number of sulfone groups is 1. The maximum Gasteiger partial charge on any atom is 0.411 e. The van der Waals surface area contributed by atoms with Crippen LogP contribution in [0.15, 0.2) is 35.2 Å². The molecule has 9 nitrogen and oxygen atoms in total. The Morgan fingerprint density at radius 2 is 1.72 bits per heavy atom. The van der Waals surface area contributed by atoms with E-state index in [1.165, 1.54) is 0 Å². The van der Waals surface area contributed by atoms with E-state index < -0.39 is 62.4 Å². The topological polar surface area (TPSA) is 124 Å². The lowest BCUT2D eigenvalue weighted by Crippen LogP contribution is -2.43. The Morgan fingerprint density at radius 1 is 1.11 bits per heavy atom. The van der Waals surface area contributed by atoms with Crippen LogP contribution in [-0.2, 0) is 46.7 Å². The molecule has 1 fully saturated rings. The molecule has 0 saturated heterocycles. The first-order valence-electron chi connectivity index (χ1n) is 14.6. The van der Waals surface area contributed by atoms with Gasteiger partial charge in [-0.2, -0.15) is 13.2 Å². The molecule has 0 heterocycles. The molecule has 0 radical (unpaired) electrons. The number of methoxy groups -OCH3 is 1. The van der Waals surface area contributed by atoms with Gasteiger partial charge in [-0.25, -0.2) is 8.42 Å². The van der Waals surface area contributed by atoms with Gasteiger partial charge < -0.3 is 14.4 Å². The van der Waals surface area contributed by atoms with Crippen molar-refractivity contribution in [2.45, 2.75) is 70.2 Å². The number of halogens is 5. The fourth-order valence-electron chi connectivity index (χ4n) is 5.22. The number of hydrogen-bond acceptors (Lipinski definition) is 8. The normalized spacial score (nSPS) is 14.8. The van der Waals surface area contributed by atoms with Gasteiger partial charge >= 0.3 is 6.18 Å². The SMILES string of the molecule is CCc1cccc(C)c1N(C(=O)CCl)C(C)COC.CS(=O)(=O)c1ccc(C(=O)C2C(=O)CCCC2=O)c(Cl)c1COCC(F)(F)F. The fraction of sp³-hybridized carbons (Fsp3) is 0.500. The number of hydrogen-bond donors (Lipinski definition) is 0. The maximum atomic E-state index is 12.7. The zero-order valence-corrected chi connectivity index (χ0v) is 29.0. The molecule has 1 aliphatic carbocycles. The number of ether oxygens (including phenoxy) is 2. The molecule has 0 aromatic heterocycles. The predicted molar refractivity (Wildman–Crippen MR) is 172 cm³/mol. The van der Waals surface area contributed by atoms with Crippen LogP contribution in [0.4, 0.5) is 18.9 Å². The van der Waals surface area contributed by atoms with Crippen molar-refractivity contribution in [1.82, 2.24) is 0 Å². The van der Waals surface area contributed by atoms with Gasteiger partial charge in [-0.1, -0.05) is 36.7 Å². The minimum Gasteiger partial charge on any atom is -0.383 e. The highest BCUT2D eigenvalue weighted by molar-refractivity contribution is 7.90. The van der Waals surface area contributed by atoms with Crippen LogP contribution in [0, 0.1) is 12.8 Å². The first-order chi connectivity index (χ1) is 21.9. The molecule has 0 bridgehead atoms. The van der Waals surface area contributed by atoms with Crippen LogP contribution in [0.1, 0.15) is 60.2 Å². The monoisotopic (exact) mass is 723 g/mol. The standard InChI is InChI=1S/C17H16ClF3O6S.C15H22ClNO2/c1-28(25,26)13-6-5-9(15(18)10(13)7-27-8-17(19,20)21)16(24)14-11(22)3-2-4-12(14)23;1-5-13-8-6-7-11(2)15(13)17(14(18)9-16)12(3)10-19-4/h5-6,14H,2-4,7-8H2,1H3;6-8,12H,5,9-10H2,1-4H3. The summed E-state index contributed by atoms with van der Waals surface area (Å²) in [6.45, 7) is 4.09. The highest BCUT2D eigenvalue weighted by Gasteiger charge is 2.38. The van der Waals surface area contributed by atoms with E-state index in [4.69, 9.17) is 27.9 Å². The summed E-state index contributed by atoms with van der Waals surface area (Å²) in [5, 5.41) is -0.457. The molecule has 1 saturated carbocycles. The van der Waals surface area contributed by atoms with E-state index >= 15 is 0 Å². The first-order valence-corrected chi connectivity index (χ1v) is 17.4. The number of carbonyl (C=O) groups excluding carboxylic acids is 4. The lowest BCUT2D eigenvalue weighted by atomic mass is 9.81. The molecule has 0 N–H and O–H groups in total. The summed E-state index contributed by atoms with van der Waals surface area (Å²) in [6, 6.07) is 8.09. The Morgan fingerprint density at radius 3 is 2.23 bits per heavy atom. The molecule has 1 amide bonds. The van der Waals surface area contributed by atoms with Crippen LogP contribution >= 0.6 is 23.2 Å². The van der Waals surface area contributed by atoms with Crippen LogP contribution in [0.2, 0.25) is 5.02 Å². The lowest BCUT2D eigenvalue weighted by Gasteiger charge is -2.31. The Labute approximate surface area is 282 Å². The molecule has 0 aliphatic heterocycles. The van der Waals surface area contributed by atoms with Gasteiger partial charge in [0.25, 0.3) is 0 Å². The van der Waals surface area contributed by atoms with Crippen LogP contribution in [0.3, 0.4) is 0 Å². The molecule has 1 atom stereocenters. The Bertz CT molecular complexity index is 1560. The quantitative estimate of drug-likeness (QED) is 0.146. The summed E-state index contributed by atoms with van der Waals surface area (Å²) in [6.07, 6.45) is -2.53. The highest BCUT2D eigenvalue weighted by atomic mass is 35.5. The third kappa shape index (κ3) is 10.8. The van der Waals surface area contributed by atoms with Crippen molar-refractivity contribution >= 4 is 62.0 Å². The Balaban J connectivity index is 0.000000353. The number of alkyl halides is 4. The summed E-state index contributed by atoms with van der Waals surface area (Å²) in [7, 11) is -2.26. The molecular weight excluding hydrogens is 686 g/mol. The summed E-state index contributed by atoms with van der Waals surface area (Å²) >= 11 is 11.9. The van der Waals surface area contributed by atoms with Crippen LogP contribution in [0.25, 0.3) is 0 Å². The maximum absolute atomic E-state index is 12.7. The van der Waals surface area contributed by atoms with Gasteiger partial charge in [0.2, 0.25) is 5.91 Å². The molecule has 1 unspecified atom stereocenters. The molecular formula is C32H38Cl2F3NO8S. The zero-order chi connectivity index (χ0) is 35.7. The molecule has 260 valence electrons. The summed E-state index contributed by atoms with van der Waals surface area (Å²) in [4.78, 5) is 50.2. The van der Waals surface area contributed by atoms with Crippen LogP contribution < -0.4 is 4.90 Å².